The van der Waals surface area contributed by atoms with Gasteiger partial charge in [-0.25, -0.2) is 0 Å². The summed E-state index contributed by atoms with van der Waals surface area (Å²) in [5, 5.41) is 0. The molecule has 0 aromatic carbocycles. The van der Waals surface area contributed by atoms with Crippen molar-refractivity contribution in [1.82, 2.24) is 0 Å². The van der Waals surface area contributed by atoms with Gasteiger partial charge in [-0.15, -0.1) is 0 Å². The van der Waals surface area contributed by atoms with Gasteiger partial charge in [0.15, 0.2) is 0 Å². The van der Waals surface area contributed by atoms with Gasteiger partial charge < -0.3 is 9.53 Å². The van der Waals surface area contributed by atoms with Crippen LogP contribution in [0, 0.1) is 11.3 Å². The van der Waals surface area contributed by atoms with Crippen molar-refractivity contribution in [2.24, 2.45) is 11.3 Å². The summed E-state index contributed by atoms with van der Waals surface area (Å²) in [6.07, 6.45) is 6.17. The molecule has 0 spiro atoms. The first-order valence-corrected chi connectivity index (χ1v) is 7.72. The summed E-state index contributed by atoms with van der Waals surface area (Å²) in [7, 11) is 0. The van der Waals surface area contributed by atoms with Gasteiger partial charge in [0, 0.05) is 6.42 Å². The van der Waals surface area contributed by atoms with E-state index in [0.717, 1.165) is 38.4 Å². The van der Waals surface area contributed by atoms with Crippen molar-refractivity contribution in [3.63, 3.8) is 0 Å². The first-order chi connectivity index (χ1) is 9.05. The van der Waals surface area contributed by atoms with Gasteiger partial charge >= 0.3 is 5.97 Å². The van der Waals surface area contributed by atoms with E-state index in [4.69, 9.17) is 4.74 Å². The molecule has 1 atom stereocenters. The Morgan fingerprint density at radius 1 is 1.05 bits per heavy atom. The average molecular weight is 284 g/mol. The second kappa shape index (κ2) is 8.43. The largest absolute Gasteiger partial charge is 0.460 e. The number of carbonyl (C=O) groups is 2. The lowest BCUT2D eigenvalue weighted by molar-refractivity contribution is -0.161. The average Bonchev–Trinajstić information content (AvgIpc) is 2.23. The van der Waals surface area contributed by atoms with Crippen LogP contribution in [0.25, 0.3) is 0 Å². The smallest absolute Gasteiger partial charge is 0.309 e. The summed E-state index contributed by atoms with van der Waals surface area (Å²) in [4.78, 5) is 22.6. The van der Waals surface area contributed by atoms with Crippen molar-refractivity contribution in [2.75, 3.05) is 0 Å². The Balaban J connectivity index is 4.41. The number of unbranched alkanes of at least 4 members (excludes halogenated alkanes) is 3. The molecule has 0 heterocycles. The highest BCUT2D eigenvalue weighted by Gasteiger charge is 2.28. The lowest BCUT2D eigenvalue weighted by atomic mass is 9.82. The summed E-state index contributed by atoms with van der Waals surface area (Å²) >= 11 is 0. The second-order valence-corrected chi connectivity index (χ2v) is 7.80. The fraction of sp³-hybridized carbons (Fsp3) is 0.882. The van der Waals surface area contributed by atoms with Crippen molar-refractivity contribution >= 4 is 12.3 Å². The van der Waals surface area contributed by atoms with Crippen molar-refractivity contribution in [3.05, 3.63) is 0 Å². The minimum absolute atomic E-state index is 0.0366. The van der Waals surface area contributed by atoms with Gasteiger partial charge in [0.05, 0.1) is 5.92 Å². The number of ether oxygens (including phenoxy) is 1. The molecular formula is C17H32O3. The summed E-state index contributed by atoms with van der Waals surface area (Å²) in [5.74, 6) is -0.117. The molecule has 0 amide bonds. The van der Waals surface area contributed by atoms with Crippen LogP contribution >= 0.6 is 0 Å². The monoisotopic (exact) mass is 284 g/mol. The van der Waals surface area contributed by atoms with E-state index in [2.05, 4.69) is 20.8 Å². The number of carbonyl (C=O) groups excluding carboxylic acids is 2. The molecule has 0 N–H and O–H groups in total. The van der Waals surface area contributed by atoms with E-state index in [1.165, 1.54) is 0 Å². The van der Waals surface area contributed by atoms with E-state index < -0.39 is 5.60 Å². The van der Waals surface area contributed by atoms with E-state index in [-0.39, 0.29) is 17.3 Å². The van der Waals surface area contributed by atoms with Gasteiger partial charge in [-0.3, -0.25) is 4.79 Å². The highest BCUT2D eigenvalue weighted by atomic mass is 16.6. The molecule has 0 aromatic rings. The molecule has 0 aliphatic carbocycles. The zero-order valence-corrected chi connectivity index (χ0v) is 14.1. The topological polar surface area (TPSA) is 43.4 Å². The SMILES string of the molecule is CC(C)(C)CC(CCCCCC=O)C(=O)OC(C)(C)C. The third kappa shape index (κ3) is 11.0. The highest BCUT2D eigenvalue weighted by molar-refractivity contribution is 5.72. The Kier molecular flexibility index (Phi) is 8.07. The molecule has 0 aliphatic rings. The molecule has 0 aliphatic heterocycles. The van der Waals surface area contributed by atoms with Gasteiger partial charge in [0.25, 0.3) is 0 Å². The molecule has 0 bridgehead atoms. The van der Waals surface area contributed by atoms with Crippen molar-refractivity contribution in [3.8, 4) is 0 Å². The molecule has 1 unspecified atom stereocenters. The normalized spacial score (nSPS) is 13.9. The molecule has 0 saturated carbocycles. The van der Waals surface area contributed by atoms with Crippen LogP contribution < -0.4 is 0 Å². The molecule has 20 heavy (non-hydrogen) atoms. The minimum Gasteiger partial charge on any atom is -0.460 e. The van der Waals surface area contributed by atoms with Crippen molar-refractivity contribution in [2.45, 2.75) is 85.7 Å². The standard InChI is InChI=1S/C17H32O3/c1-16(2,3)13-14(11-9-7-8-10-12-18)15(19)20-17(4,5)6/h12,14H,7-11,13H2,1-6H3. The van der Waals surface area contributed by atoms with Gasteiger partial charge in [-0.05, 0) is 45.4 Å². The highest BCUT2D eigenvalue weighted by Crippen LogP contribution is 2.29. The van der Waals surface area contributed by atoms with Gasteiger partial charge in [0.2, 0.25) is 0 Å². The first kappa shape index (κ1) is 19.1. The number of aldehydes is 1. The number of esters is 1. The molecule has 118 valence electrons. The van der Waals surface area contributed by atoms with Crippen LogP contribution in [-0.4, -0.2) is 17.9 Å². The molecule has 0 rings (SSSR count). The quantitative estimate of drug-likeness (QED) is 0.373. The number of hydrogen-bond donors (Lipinski definition) is 0. The minimum atomic E-state index is -0.426. The Labute approximate surface area is 124 Å². The lowest BCUT2D eigenvalue weighted by Gasteiger charge is -2.28. The van der Waals surface area contributed by atoms with Crippen molar-refractivity contribution in [1.29, 1.82) is 0 Å². The second-order valence-electron chi connectivity index (χ2n) is 7.80. The fourth-order valence-corrected chi connectivity index (χ4v) is 2.22. The van der Waals surface area contributed by atoms with Crippen LogP contribution in [0.1, 0.15) is 80.1 Å². The maximum Gasteiger partial charge on any atom is 0.309 e. The zero-order valence-electron chi connectivity index (χ0n) is 14.1. The Bertz CT molecular complexity index is 294. The van der Waals surface area contributed by atoms with Gasteiger partial charge in [-0.1, -0.05) is 33.6 Å². The predicted molar refractivity (Wildman–Crippen MR) is 82.6 cm³/mol. The van der Waals surface area contributed by atoms with Crippen LogP contribution in [0.4, 0.5) is 0 Å². The molecule has 0 saturated heterocycles. The Morgan fingerprint density at radius 3 is 2.10 bits per heavy atom. The van der Waals surface area contributed by atoms with Crippen LogP contribution in [0.3, 0.4) is 0 Å². The molecule has 3 nitrogen and oxygen atoms in total. The molecule has 0 radical (unpaired) electrons. The van der Waals surface area contributed by atoms with E-state index in [1.54, 1.807) is 0 Å². The summed E-state index contributed by atoms with van der Waals surface area (Å²) in [5.41, 5.74) is -0.310. The lowest BCUT2D eigenvalue weighted by Crippen LogP contribution is -2.30. The Hall–Kier alpha value is -0.860. The number of hydrogen-bond acceptors (Lipinski definition) is 3. The summed E-state index contributed by atoms with van der Waals surface area (Å²) in [6.45, 7) is 12.2. The van der Waals surface area contributed by atoms with E-state index in [1.807, 2.05) is 20.8 Å². The van der Waals surface area contributed by atoms with Crippen LogP contribution in [0.15, 0.2) is 0 Å². The first-order valence-electron chi connectivity index (χ1n) is 7.72. The maximum atomic E-state index is 12.3. The third-order valence-corrected chi connectivity index (χ3v) is 2.97. The molecule has 0 aromatic heterocycles. The number of rotatable bonds is 8. The Morgan fingerprint density at radius 2 is 1.65 bits per heavy atom. The molecule has 3 heteroatoms. The molecule has 0 fully saturated rings. The third-order valence-electron chi connectivity index (χ3n) is 2.97. The van der Waals surface area contributed by atoms with Crippen LogP contribution in [-0.2, 0) is 14.3 Å². The summed E-state index contributed by atoms with van der Waals surface area (Å²) in [6, 6.07) is 0. The van der Waals surface area contributed by atoms with Crippen LogP contribution in [0.5, 0.6) is 0 Å². The predicted octanol–water partition coefficient (Wildman–Crippen LogP) is 4.53. The van der Waals surface area contributed by atoms with Crippen LogP contribution in [0.2, 0.25) is 0 Å². The van der Waals surface area contributed by atoms with Gasteiger partial charge in [-0.2, -0.15) is 0 Å². The van der Waals surface area contributed by atoms with Gasteiger partial charge in [0.1, 0.15) is 11.9 Å². The molecular weight excluding hydrogens is 252 g/mol. The maximum absolute atomic E-state index is 12.3. The van der Waals surface area contributed by atoms with E-state index in [9.17, 15) is 9.59 Å². The van der Waals surface area contributed by atoms with Crippen molar-refractivity contribution < 1.29 is 14.3 Å². The summed E-state index contributed by atoms with van der Waals surface area (Å²) < 4.78 is 5.53. The zero-order chi connectivity index (χ0) is 15.8. The fourth-order valence-electron chi connectivity index (χ4n) is 2.22. The van der Waals surface area contributed by atoms with E-state index in [0.29, 0.717) is 6.42 Å². The van der Waals surface area contributed by atoms with E-state index >= 15 is 0 Å².